The molecule has 0 bridgehead atoms. The predicted octanol–water partition coefficient (Wildman–Crippen LogP) is 3.51. The Bertz CT molecular complexity index is 1020. The molecule has 1 saturated carbocycles. The lowest BCUT2D eigenvalue weighted by molar-refractivity contribution is 0.243. The highest BCUT2D eigenvalue weighted by molar-refractivity contribution is 7.92. The molecule has 1 heterocycles. The smallest absolute Gasteiger partial charge is 0.322 e. The van der Waals surface area contributed by atoms with E-state index >= 15 is 0 Å². The molecule has 0 atom stereocenters. The van der Waals surface area contributed by atoms with Crippen LogP contribution in [0.3, 0.4) is 0 Å². The van der Waals surface area contributed by atoms with Gasteiger partial charge in [-0.1, -0.05) is 18.9 Å². The summed E-state index contributed by atoms with van der Waals surface area (Å²) in [5.74, 6) is 0.572. The third kappa shape index (κ3) is 4.17. The predicted molar refractivity (Wildman–Crippen MR) is 112 cm³/mol. The normalized spacial score (nSPS) is 16.5. The summed E-state index contributed by atoms with van der Waals surface area (Å²) in [4.78, 5) is 14.5. The van der Waals surface area contributed by atoms with Gasteiger partial charge in [0.05, 0.1) is 17.7 Å². The zero-order valence-electron chi connectivity index (χ0n) is 16.3. The van der Waals surface area contributed by atoms with Gasteiger partial charge in [-0.25, -0.2) is 13.2 Å². The minimum absolute atomic E-state index is 0.0965. The first kappa shape index (κ1) is 19.6. The molecule has 4 rings (SSSR count). The van der Waals surface area contributed by atoms with Gasteiger partial charge < -0.3 is 10.1 Å². The number of fused-ring (bicyclic) bond motifs is 1. The van der Waals surface area contributed by atoms with E-state index < -0.39 is 10.0 Å². The minimum Gasteiger partial charge on any atom is -0.497 e. The standard InChI is InChI=1S/C21H25N3O4S/c1-28-18-8-4-7-17(14-18)23-29(26,27)19-9-10-20-15(13-19)11-12-24(20)21(25)22-16-5-2-3-6-16/h4,7-10,13-14,16,23H,2-3,5-6,11-12H2,1H3,(H,22,25). The first-order valence-electron chi connectivity index (χ1n) is 9.84. The van der Waals surface area contributed by atoms with Gasteiger partial charge in [-0.05, 0) is 55.2 Å². The number of nitrogens with one attached hydrogen (secondary N) is 2. The van der Waals surface area contributed by atoms with Crippen molar-refractivity contribution in [3.05, 3.63) is 48.0 Å². The van der Waals surface area contributed by atoms with Crippen molar-refractivity contribution < 1.29 is 17.9 Å². The Morgan fingerprint density at radius 3 is 2.69 bits per heavy atom. The Kier molecular flexibility index (Phi) is 5.36. The van der Waals surface area contributed by atoms with Crippen molar-refractivity contribution >= 4 is 27.4 Å². The molecule has 0 spiro atoms. The Labute approximate surface area is 171 Å². The van der Waals surface area contributed by atoms with Gasteiger partial charge >= 0.3 is 6.03 Å². The van der Waals surface area contributed by atoms with Crippen LogP contribution in [-0.4, -0.2) is 34.1 Å². The van der Waals surface area contributed by atoms with E-state index in [4.69, 9.17) is 4.74 Å². The summed E-state index contributed by atoms with van der Waals surface area (Å²) in [7, 11) is -2.21. The number of urea groups is 1. The van der Waals surface area contributed by atoms with Crippen molar-refractivity contribution in [1.82, 2.24) is 5.32 Å². The average molecular weight is 416 g/mol. The number of anilines is 2. The fourth-order valence-corrected chi connectivity index (χ4v) is 5.08. The maximum Gasteiger partial charge on any atom is 0.322 e. The van der Waals surface area contributed by atoms with Crippen LogP contribution in [0.2, 0.25) is 0 Å². The van der Waals surface area contributed by atoms with Crippen molar-refractivity contribution in [1.29, 1.82) is 0 Å². The third-order valence-electron chi connectivity index (χ3n) is 5.51. The molecular formula is C21H25N3O4S. The first-order chi connectivity index (χ1) is 14.0. The van der Waals surface area contributed by atoms with E-state index in [-0.39, 0.29) is 17.0 Å². The molecule has 1 aliphatic carbocycles. The molecule has 0 saturated heterocycles. The number of sulfonamides is 1. The van der Waals surface area contributed by atoms with Crippen LogP contribution in [0, 0.1) is 0 Å². The lowest BCUT2D eigenvalue weighted by Gasteiger charge is -2.21. The molecule has 0 aromatic heterocycles. The van der Waals surface area contributed by atoms with E-state index in [2.05, 4.69) is 10.0 Å². The third-order valence-corrected chi connectivity index (χ3v) is 6.89. The lowest BCUT2D eigenvalue weighted by Crippen LogP contribution is -2.43. The van der Waals surface area contributed by atoms with Crippen LogP contribution in [0.15, 0.2) is 47.4 Å². The quantitative estimate of drug-likeness (QED) is 0.782. The summed E-state index contributed by atoms with van der Waals surface area (Å²) in [5.41, 5.74) is 2.07. The molecule has 2 N–H and O–H groups in total. The van der Waals surface area contributed by atoms with Gasteiger partial charge in [0.1, 0.15) is 5.75 Å². The van der Waals surface area contributed by atoms with E-state index in [1.165, 1.54) is 7.11 Å². The van der Waals surface area contributed by atoms with Crippen LogP contribution in [0.4, 0.5) is 16.2 Å². The molecule has 2 aliphatic rings. The molecule has 2 aromatic carbocycles. The number of nitrogens with zero attached hydrogens (tertiary/aromatic N) is 1. The maximum atomic E-state index is 12.8. The Morgan fingerprint density at radius 2 is 1.93 bits per heavy atom. The molecule has 1 aliphatic heterocycles. The number of carbonyl (C=O) groups is 1. The number of carbonyl (C=O) groups excluding carboxylic acids is 1. The van der Waals surface area contributed by atoms with Gasteiger partial charge in [-0.2, -0.15) is 0 Å². The number of hydrogen-bond donors (Lipinski definition) is 2. The van der Waals surface area contributed by atoms with Gasteiger partial charge in [-0.3, -0.25) is 9.62 Å². The number of benzene rings is 2. The molecular weight excluding hydrogens is 390 g/mol. The van der Waals surface area contributed by atoms with Crippen molar-refractivity contribution in [3.63, 3.8) is 0 Å². The highest BCUT2D eigenvalue weighted by atomic mass is 32.2. The number of rotatable bonds is 5. The van der Waals surface area contributed by atoms with Crippen molar-refractivity contribution in [3.8, 4) is 5.75 Å². The summed E-state index contributed by atoms with van der Waals surface area (Å²) in [6.07, 6.45) is 5.00. The zero-order chi connectivity index (χ0) is 20.4. The van der Waals surface area contributed by atoms with Crippen LogP contribution in [-0.2, 0) is 16.4 Å². The molecule has 154 valence electrons. The van der Waals surface area contributed by atoms with Crippen LogP contribution in [0.1, 0.15) is 31.2 Å². The largest absolute Gasteiger partial charge is 0.497 e. The van der Waals surface area contributed by atoms with Gasteiger partial charge in [0.15, 0.2) is 0 Å². The lowest BCUT2D eigenvalue weighted by atomic mass is 10.2. The fraction of sp³-hybridized carbons (Fsp3) is 0.381. The molecule has 7 nitrogen and oxygen atoms in total. The average Bonchev–Trinajstić information content (AvgIpc) is 3.36. The second-order valence-electron chi connectivity index (χ2n) is 7.46. The molecule has 2 aromatic rings. The summed E-state index contributed by atoms with van der Waals surface area (Å²) < 4.78 is 33.3. The van der Waals surface area contributed by atoms with Crippen molar-refractivity contribution in [2.24, 2.45) is 0 Å². The van der Waals surface area contributed by atoms with Crippen molar-refractivity contribution in [2.45, 2.75) is 43.0 Å². The summed E-state index contributed by atoms with van der Waals surface area (Å²) in [5, 5.41) is 3.09. The van der Waals surface area contributed by atoms with E-state index in [0.717, 1.165) is 36.9 Å². The maximum absolute atomic E-state index is 12.8. The number of ether oxygens (including phenoxy) is 1. The summed E-state index contributed by atoms with van der Waals surface area (Å²) in [6, 6.07) is 11.8. The molecule has 0 radical (unpaired) electrons. The summed E-state index contributed by atoms with van der Waals surface area (Å²) >= 11 is 0. The minimum atomic E-state index is -3.74. The van der Waals surface area contributed by atoms with E-state index in [9.17, 15) is 13.2 Å². The molecule has 2 amide bonds. The van der Waals surface area contributed by atoms with Gasteiger partial charge in [-0.15, -0.1) is 0 Å². The molecule has 1 fully saturated rings. The Morgan fingerprint density at radius 1 is 1.14 bits per heavy atom. The fourth-order valence-electron chi connectivity index (χ4n) is 3.98. The molecule has 29 heavy (non-hydrogen) atoms. The Hall–Kier alpha value is -2.74. The van der Waals surface area contributed by atoms with Crippen LogP contribution < -0.4 is 19.7 Å². The Balaban J connectivity index is 1.51. The van der Waals surface area contributed by atoms with E-state index in [0.29, 0.717) is 24.4 Å². The van der Waals surface area contributed by atoms with Gasteiger partial charge in [0.25, 0.3) is 10.0 Å². The SMILES string of the molecule is COc1cccc(NS(=O)(=O)c2ccc3c(c2)CCN3C(=O)NC2CCCC2)c1. The number of methoxy groups -OCH3 is 1. The highest BCUT2D eigenvalue weighted by Crippen LogP contribution is 2.31. The van der Waals surface area contributed by atoms with Crippen LogP contribution in [0.5, 0.6) is 5.75 Å². The summed E-state index contributed by atoms with van der Waals surface area (Å²) in [6.45, 7) is 0.556. The van der Waals surface area contributed by atoms with Gasteiger partial charge in [0.2, 0.25) is 0 Å². The topological polar surface area (TPSA) is 87.7 Å². The first-order valence-corrected chi connectivity index (χ1v) is 11.3. The van der Waals surface area contributed by atoms with Crippen LogP contribution in [0.25, 0.3) is 0 Å². The van der Waals surface area contributed by atoms with Crippen molar-refractivity contribution in [2.75, 3.05) is 23.3 Å². The van der Waals surface area contributed by atoms with E-state index in [1.54, 1.807) is 47.4 Å². The molecule has 8 heteroatoms. The molecule has 0 unspecified atom stereocenters. The number of amides is 2. The van der Waals surface area contributed by atoms with E-state index in [1.807, 2.05) is 0 Å². The highest BCUT2D eigenvalue weighted by Gasteiger charge is 2.28. The van der Waals surface area contributed by atoms with Gasteiger partial charge in [0, 0.05) is 24.3 Å². The number of hydrogen-bond acceptors (Lipinski definition) is 4. The monoisotopic (exact) mass is 415 g/mol. The second-order valence-corrected chi connectivity index (χ2v) is 9.14. The second kappa shape index (κ2) is 7.94. The zero-order valence-corrected chi connectivity index (χ0v) is 17.2. The van der Waals surface area contributed by atoms with Crippen LogP contribution >= 0.6 is 0 Å².